The van der Waals surface area contributed by atoms with Crippen molar-refractivity contribution in [3.05, 3.63) is 143 Å². The summed E-state index contributed by atoms with van der Waals surface area (Å²) in [5.41, 5.74) is 8.12. The number of nitrogens with zero attached hydrogens (tertiary/aromatic N) is 1. The number of carbonyl (C=O) groups excluding carboxylic acids is 1. The maximum absolute atomic E-state index is 13.5. The van der Waals surface area contributed by atoms with E-state index >= 15 is 0 Å². The van der Waals surface area contributed by atoms with Crippen LogP contribution in [0, 0.1) is 5.92 Å². The third-order valence-corrected chi connectivity index (χ3v) is 7.94. The molecule has 0 amide bonds. The minimum absolute atomic E-state index is 0.0592. The van der Waals surface area contributed by atoms with Crippen LogP contribution in [0.1, 0.15) is 51.8 Å². The first-order valence-corrected chi connectivity index (χ1v) is 12.8. The predicted molar refractivity (Wildman–Crippen MR) is 142 cm³/mol. The number of ketones is 1. The normalized spacial score (nSPS) is 18.7. The van der Waals surface area contributed by atoms with Gasteiger partial charge in [-0.25, -0.2) is 0 Å². The smallest absolute Gasteiger partial charge is 0.139 e. The molecule has 2 aliphatic rings. The molecule has 1 heterocycles. The Morgan fingerprint density at radius 1 is 0.600 bits per heavy atom. The predicted octanol–water partition coefficient (Wildman–Crippen LogP) is 6.60. The van der Waals surface area contributed by atoms with E-state index in [0.717, 1.165) is 25.9 Å². The number of piperidine rings is 1. The van der Waals surface area contributed by atoms with Crippen LogP contribution in [-0.2, 0) is 17.6 Å². The molecule has 1 fully saturated rings. The van der Waals surface area contributed by atoms with Crippen LogP contribution in [0.25, 0.3) is 0 Å². The molecule has 2 heteroatoms. The molecule has 1 aliphatic carbocycles. The van der Waals surface area contributed by atoms with Crippen LogP contribution in [-0.4, -0.2) is 23.8 Å². The topological polar surface area (TPSA) is 20.3 Å². The van der Waals surface area contributed by atoms with E-state index in [1.165, 1.54) is 33.4 Å². The molecule has 0 spiro atoms. The lowest BCUT2D eigenvalue weighted by atomic mass is 9.75. The average Bonchev–Trinajstić information content (AvgIpc) is 3.08. The molecule has 2 nitrogen and oxygen atoms in total. The molecule has 4 aromatic carbocycles. The Balaban J connectivity index is 1.43. The fraction of sp³-hybridized carbons (Fsp3) is 0.242. The van der Waals surface area contributed by atoms with Crippen LogP contribution in [0.5, 0.6) is 0 Å². The zero-order valence-electron chi connectivity index (χ0n) is 20.0. The molecule has 1 aliphatic heterocycles. The minimum Gasteiger partial charge on any atom is -0.299 e. The van der Waals surface area contributed by atoms with Crippen LogP contribution in [0.15, 0.2) is 109 Å². The van der Waals surface area contributed by atoms with Crippen molar-refractivity contribution in [1.29, 1.82) is 0 Å². The summed E-state index contributed by atoms with van der Waals surface area (Å²) >= 11 is 0. The summed E-state index contributed by atoms with van der Waals surface area (Å²) in [6.45, 7) is 1.57. The maximum atomic E-state index is 13.5. The van der Waals surface area contributed by atoms with E-state index in [0.29, 0.717) is 12.2 Å². The lowest BCUT2D eigenvalue weighted by Crippen LogP contribution is -2.45. The number of hydrogen-bond acceptors (Lipinski definition) is 2. The van der Waals surface area contributed by atoms with Gasteiger partial charge in [0.2, 0.25) is 0 Å². The van der Waals surface area contributed by atoms with Crippen molar-refractivity contribution < 1.29 is 4.79 Å². The molecule has 1 unspecified atom stereocenters. The molecule has 0 radical (unpaired) electrons. The molecule has 1 saturated heterocycles. The van der Waals surface area contributed by atoms with E-state index in [1.54, 1.807) is 0 Å². The Morgan fingerprint density at radius 3 is 1.63 bits per heavy atom. The fourth-order valence-electron chi connectivity index (χ4n) is 6.28. The van der Waals surface area contributed by atoms with E-state index in [4.69, 9.17) is 0 Å². The third kappa shape index (κ3) is 4.24. The second kappa shape index (κ2) is 9.64. The van der Waals surface area contributed by atoms with Gasteiger partial charge in [-0.3, -0.25) is 9.69 Å². The molecule has 0 aromatic heterocycles. The number of rotatable bonds is 4. The molecule has 0 bridgehead atoms. The monoisotopic (exact) mass is 457 g/mol. The van der Waals surface area contributed by atoms with Crippen molar-refractivity contribution in [2.75, 3.05) is 13.1 Å². The van der Waals surface area contributed by atoms with Crippen molar-refractivity contribution in [1.82, 2.24) is 4.90 Å². The van der Waals surface area contributed by atoms with E-state index in [1.807, 2.05) is 0 Å². The number of likely N-dealkylation sites (tertiary alicyclic amines) is 1. The van der Waals surface area contributed by atoms with E-state index < -0.39 is 0 Å². The largest absolute Gasteiger partial charge is 0.299 e. The number of aryl methyl sites for hydroxylation is 2. The number of hydrogen-bond donors (Lipinski definition) is 0. The first kappa shape index (κ1) is 22.0. The van der Waals surface area contributed by atoms with Crippen molar-refractivity contribution in [2.45, 2.75) is 31.2 Å². The van der Waals surface area contributed by atoms with Gasteiger partial charge in [0.25, 0.3) is 0 Å². The Bertz CT molecular complexity index is 1230. The Labute approximate surface area is 208 Å². The summed E-state index contributed by atoms with van der Waals surface area (Å²) in [5, 5.41) is 0. The molecule has 1 atom stereocenters. The van der Waals surface area contributed by atoms with Crippen LogP contribution in [0.3, 0.4) is 0 Å². The van der Waals surface area contributed by atoms with Gasteiger partial charge < -0.3 is 0 Å². The van der Waals surface area contributed by atoms with Crippen molar-refractivity contribution in [3.8, 4) is 0 Å². The van der Waals surface area contributed by atoms with Gasteiger partial charge >= 0.3 is 0 Å². The van der Waals surface area contributed by atoms with Gasteiger partial charge in [-0.2, -0.15) is 0 Å². The lowest BCUT2D eigenvalue weighted by molar-refractivity contribution is -0.127. The van der Waals surface area contributed by atoms with Gasteiger partial charge in [-0.15, -0.1) is 0 Å². The molecule has 6 rings (SSSR count). The van der Waals surface area contributed by atoms with E-state index in [9.17, 15) is 4.79 Å². The molecule has 0 N–H and O–H groups in total. The van der Waals surface area contributed by atoms with Gasteiger partial charge in [0.05, 0.1) is 6.04 Å². The molecule has 4 aromatic rings. The summed E-state index contributed by atoms with van der Waals surface area (Å²) in [6, 6.07) is 39.2. The zero-order valence-corrected chi connectivity index (χ0v) is 20.0. The number of benzene rings is 4. The highest BCUT2D eigenvalue weighted by atomic mass is 16.1. The Hall–Kier alpha value is -3.49. The van der Waals surface area contributed by atoms with Gasteiger partial charge in [0.1, 0.15) is 5.78 Å². The maximum Gasteiger partial charge on any atom is 0.139 e. The summed E-state index contributed by atoms with van der Waals surface area (Å²) in [4.78, 5) is 16.1. The second-order valence-electron chi connectivity index (χ2n) is 9.92. The van der Waals surface area contributed by atoms with Crippen LogP contribution < -0.4 is 0 Å². The van der Waals surface area contributed by atoms with Crippen molar-refractivity contribution >= 4 is 5.78 Å². The van der Waals surface area contributed by atoms with Crippen LogP contribution >= 0.6 is 0 Å². The standard InChI is InChI=1S/C33H31NO/c35-31-21-22-34(23-30(31)32(26-13-3-1-4-14-26)27-15-5-2-6-16-27)33-28-17-9-7-11-24(28)19-20-25-12-8-10-18-29(25)33/h1-18,30,32-33H,19-23H2. The molecule has 0 saturated carbocycles. The number of fused-ring (bicyclic) bond motifs is 2. The summed E-state index contributed by atoms with van der Waals surface area (Å²) in [6.07, 6.45) is 2.73. The van der Waals surface area contributed by atoms with Crippen molar-refractivity contribution in [3.63, 3.8) is 0 Å². The molecule has 35 heavy (non-hydrogen) atoms. The minimum atomic E-state index is -0.0730. The fourth-order valence-corrected chi connectivity index (χ4v) is 6.28. The lowest BCUT2D eigenvalue weighted by Gasteiger charge is -2.41. The van der Waals surface area contributed by atoms with Gasteiger partial charge in [0, 0.05) is 31.3 Å². The van der Waals surface area contributed by atoms with E-state index in [2.05, 4.69) is 114 Å². The quantitative estimate of drug-likeness (QED) is 0.344. The molecular formula is C33H31NO. The summed E-state index contributed by atoms with van der Waals surface area (Å²) in [7, 11) is 0. The highest BCUT2D eigenvalue weighted by Gasteiger charge is 2.39. The second-order valence-corrected chi connectivity index (χ2v) is 9.92. The van der Waals surface area contributed by atoms with Gasteiger partial charge in [-0.05, 0) is 46.2 Å². The first-order chi connectivity index (χ1) is 17.3. The number of Topliss-reactive ketones (excluding diaryl/α,β-unsaturated/α-hetero) is 1. The molecule has 174 valence electrons. The van der Waals surface area contributed by atoms with Gasteiger partial charge in [0.15, 0.2) is 0 Å². The zero-order chi connectivity index (χ0) is 23.6. The molecular weight excluding hydrogens is 426 g/mol. The summed E-state index contributed by atoms with van der Waals surface area (Å²) in [5.74, 6) is 0.370. The highest BCUT2D eigenvalue weighted by molar-refractivity contribution is 5.84. The third-order valence-electron chi connectivity index (χ3n) is 7.94. The highest BCUT2D eigenvalue weighted by Crippen LogP contribution is 2.42. The van der Waals surface area contributed by atoms with E-state index in [-0.39, 0.29) is 17.9 Å². The SMILES string of the molecule is O=C1CCN(C2c3ccccc3CCc3ccccc32)CC1C(c1ccccc1)c1ccccc1. The summed E-state index contributed by atoms with van der Waals surface area (Å²) < 4.78 is 0. The Morgan fingerprint density at radius 2 is 1.09 bits per heavy atom. The Kier molecular flexibility index (Phi) is 6.06. The number of carbonyl (C=O) groups is 1. The first-order valence-electron chi connectivity index (χ1n) is 12.8. The van der Waals surface area contributed by atoms with Crippen LogP contribution in [0.4, 0.5) is 0 Å². The average molecular weight is 458 g/mol. The van der Waals surface area contributed by atoms with Crippen LogP contribution in [0.2, 0.25) is 0 Å². The van der Waals surface area contributed by atoms with Gasteiger partial charge in [-0.1, -0.05) is 109 Å². The van der Waals surface area contributed by atoms with Crippen molar-refractivity contribution in [2.24, 2.45) is 5.92 Å².